The van der Waals surface area contributed by atoms with E-state index < -0.39 is 23.3 Å². The molecule has 0 amide bonds. The van der Waals surface area contributed by atoms with Gasteiger partial charge in [-0.3, -0.25) is 0 Å². The molecule has 4 rings (SSSR count). The summed E-state index contributed by atoms with van der Waals surface area (Å²) >= 11 is 0. The van der Waals surface area contributed by atoms with Crippen molar-refractivity contribution in [3.8, 4) is 22.6 Å². The minimum Gasteiger partial charge on any atom is -0.494 e. The topological polar surface area (TPSA) is 18.5 Å². The predicted octanol–water partition coefficient (Wildman–Crippen LogP) is 9.47. The molecule has 0 aromatic heterocycles. The standard InChI is InChI=1S/C32H34F4O2/c1-3-5-20-38-25-15-12-23(13-16-25)27-18-17-26(30(34)31(27)35)22-9-6-21(7-10-22)8-11-24-14-19-28(37-4-2)32(36)29(24)33/h8,11-19,21-22H,3-7,9-10,20H2,1-2H3/b11-8+. The van der Waals surface area contributed by atoms with Crippen LogP contribution in [0.1, 0.15) is 69.4 Å². The molecule has 3 aromatic carbocycles. The van der Waals surface area contributed by atoms with Crippen molar-refractivity contribution < 1.29 is 27.0 Å². The highest BCUT2D eigenvalue weighted by Gasteiger charge is 2.26. The summed E-state index contributed by atoms with van der Waals surface area (Å²) in [5.74, 6) is -2.87. The van der Waals surface area contributed by atoms with Gasteiger partial charge < -0.3 is 9.47 Å². The summed E-state index contributed by atoms with van der Waals surface area (Å²) in [6, 6.07) is 13.3. The predicted molar refractivity (Wildman–Crippen MR) is 143 cm³/mol. The Balaban J connectivity index is 1.39. The van der Waals surface area contributed by atoms with Crippen molar-refractivity contribution in [1.29, 1.82) is 0 Å². The van der Waals surface area contributed by atoms with Gasteiger partial charge in [0.2, 0.25) is 5.82 Å². The first-order chi connectivity index (χ1) is 18.4. The van der Waals surface area contributed by atoms with Gasteiger partial charge in [0.1, 0.15) is 5.75 Å². The van der Waals surface area contributed by atoms with E-state index in [0.717, 1.165) is 25.7 Å². The molecule has 0 N–H and O–H groups in total. The molecule has 202 valence electrons. The first-order valence-electron chi connectivity index (χ1n) is 13.4. The zero-order chi connectivity index (χ0) is 27.1. The fraction of sp³-hybridized carbons (Fsp3) is 0.375. The number of ether oxygens (including phenoxy) is 2. The number of hydrogen-bond donors (Lipinski definition) is 0. The van der Waals surface area contributed by atoms with E-state index >= 15 is 8.78 Å². The number of halogens is 4. The molecule has 38 heavy (non-hydrogen) atoms. The van der Waals surface area contributed by atoms with Gasteiger partial charge in [-0.2, -0.15) is 4.39 Å². The minimum absolute atomic E-state index is 0.0859. The smallest absolute Gasteiger partial charge is 0.201 e. The number of unbranched alkanes of at least 4 members (excludes halogenated alkanes) is 1. The summed E-state index contributed by atoms with van der Waals surface area (Å²) in [5, 5.41) is 0. The third kappa shape index (κ3) is 6.40. The number of rotatable bonds is 10. The van der Waals surface area contributed by atoms with Crippen LogP contribution in [0.4, 0.5) is 17.6 Å². The SMILES string of the molecule is CCCCOc1ccc(-c2ccc(C3CCC(/C=C/c4ccc(OCC)c(F)c4F)CC3)c(F)c2F)cc1. The van der Waals surface area contributed by atoms with Gasteiger partial charge in [-0.15, -0.1) is 0 Å². The molecule has 0 spiro atoms. The van der Waals surface area contributed by atoms with Crippen LogP contribution in [0, 0.1) is 29.2 Å². The highest BCUT2D eigenvalue weighted by atomic mass is 19.2. The quantitative estimate of drug-likeness (QED) is 0.193. The second-order valence-corrected chi connectivity index (χ2v) is 9.74. The Labute approximate surface area is 222 Å². The molecule has 2 nitrogen and oxygen atoms in total. The van der Waals surface area contributed by atoms with Crippen LogP contribution in [0.15, 0.2) is 54.6 Å². The lowest BCUT2D eigenvalue weighted by atomic mass is 9.78. The summed E-state index contributed by atoms with van der Waals surface area (Å²) in [6.07, 6.45) is 8.36. The Kier molecular flexibility index (Phi) is 9.48. The molecular weight excluding hydrogens is 492 g/mol. The summed E-state index contributed by atoms with van der Waals surface area (Å²) in [5.41, 5.74) is 1.39. The lowest BCUT2D eigenvalue weighted by molar-refractivity contribution is 0.309. The lowest BCUT2D eigenvalue weighted by Crippen LogP contribution is -2.13. The summed E-state index contributed by atoms with van der Waals surface area (Å²) in [4.78, 5) is 0. The molecule has 0 saturated heterocycles. The number of benzene rings is 3. The van der Waals surface area contributed by atoms with Crippen molar-refractivity contribution in [2.75, 3.05) is 13.2 Å². The van der Waals surface area contributed by atoms with Gasteiger partial charge in [-0.25, -0.2) is 13.2 Å². The van der Waals surface area contributed by atoms with Crippen molar-refractivity contribution in [2.24, 2.45) is 5.92 Å². The van der Waals surface area contributed by atoms with Crippen LogP contribution in [0.25, 0.3) is 17.2 Å². The lowest BCUT2D eigenvalue weighted by Gasteiger charge is -2.27. The summed E-state index contributed by atoms with van der Waals surface area (Å²) in [6.45, 7) is 4.68. The minimum atomic E-state index is -0.991. The number of allylic oxidation sites excluding steroid dienone is 1. The highest BCUT2D eigenvalue weighted by molar-refractivity contribution is 5.65. The molecule has 0 aliphatic heterocycles. The van der Waals surface area contributed by atoms with Crippen molar-refractivity contribution in [3.63, 3.8) is 0 Å². The fourth-order valence-corrected chi connectivity index (χ4v) is 4.97. The molecule has 1 aliphatic carbocycles. The average Bonchev–Trinajstić information content (AvgIpc) is 2.93. The van der Waals surface area contributed by atoms with Gasteiger partial charge in [0.05, 0.1) is 13.2 Å². The van der Waals surface area contributed by atoms with Crippen LogP contribution < -0.4 is 9.47 Å². The van der Waals surface area contributed by atoms with Crippen LogP contribution in [0.5, 0.6) is 11.5 Å². The second-order valence-electron chi connectivity index (χ2n) is 9.74. The molecule has 0 atom stereocenters. The molecule has 1 aliphatic rings. The molecule has 6 heteroatoms. The van der Waals surface area contributed by atoms with Crippen LogP contribution in [0.3, 0.4) is 0 Å². The van der Waals surface area contributed by atoms with Crippen LogP contribution in [-0.4, -0.2) is 13.2 Å². The maximum Gasteiger partial charge on any atom is 0.201 e. The van der Waals surface area contributed by atoms with Gasteiger partial charge in [0, 0.05) is 11.1 Å². The van der Waals surface area contributed by atoms with Crippen LogP contribution >= 0.6 is 0 Å². The van der Waals surface area contributed by atoms with E-state index in [1.54, 1.807) is 49.4 Å². The first-order valence-corrected chi connectivity index (χ1v) is 13.4. The molecule has 0 radical (unpaired) electrons. The van der Waals surface area contributed by atoms with E-state index in [0.29, 0.717) is 36.3 Å². The maximum absolute atomic E-state index is 15.2. The normalized spacial score (nSPS) is 17.6. The Morgan fingerprint density at radius 3 is 2.18 bits per heavy atom. The highest BCUT2D eigenvalue weighted by Crippen LogP contribution is 2.39. The Hall–Kier alpha value is -3.28. The monoisotopic (exact) mass is 526 g/mol. The fourth-order valence-electron chi connectivity index (χ4n) is 4.97. The van der Waals surface area contributed by atoms with Crippen molar-refractivity contribution in [2.45, 2.75) is 58.3 Å². The third-order valence-corrected chi connectivity index (χ3v) is 7.18. The van der Waals surface area contributed by atoms with E-state index in [2.05, 4.69) is 6.92 Å². The van der Waals surface area contributed by atoms with Crippen LogP contribution in [-0.2, 0) is 0 Å². The maximum atomic E-state index is 15.2. The molecule has 1 fully saturated rings. The van der Waals surface area contributed by atoms with Gasteiger partial charge in [0.25, 0.3) is 0 Å². The second kappa shape index (κ2) is 13.0. The molecule has 0 heterocycles. The van der Waals surface area contributed by atoms with Gasteiger partial charge in [-0.05, 0) is 86.3 Å². The summed E-state index contributed by atoms with van der Waals surface area (Å²) < 4.78 is 69.5. The Bertz CT molecular complexity index is 1250. The van der Waals surface area contributed by atoms with E-state index in [9.17, 15) is 8.78 Å². The van der Waals surface area contributed by atoms with Gasteiger partial charge in [0.15, 0.2) is 23.2 Å². The van der Waals surface area contributed by atoms with Gasteiger partial charge >= 0.3 is 0 Å². The average molecular weight is 527 g/mol. The molecule has 1 saturated carbocycles. The van der Waals surface area contributed by atoms with E-state index in [-0.39, 0.29) is 35.3 Å². The van der Waals surface area contributed by atoms with Crippen molar-refractivity contribution in [3.05, 3.63) is 89.0 Å². The van der Waals surface area contributed by atoms with Crippen molar-refractivity contribution >= 4 is 6.08 Å². The Morgan fingerprint density at radius 1 is 0.763 bits per heavy atom. The van der Waals surface area contributed by atoms with Crippen LogP contribution in [0.2, 0.25) is 0 Å². The van der Waals surface area contributed by atoms with Crippen molar-refractivity contribution in [1.82, 2.24) is 0 Å². The number of hydrogen-bond acceptors (Lipinski definition) is 2. The zero-order valence-electron chi connectivity index (χ0n) is 21.9. The largest absolute Gasteiger partial charge is 0.494 e. The van der Waals surface area contributed by atoms with E-state index in [1.807, 2.05) is 6.08 Å². The first kappa shape index (κ1) is 27.7. The Morgan fingerprint density at radius 2 is 1.50 bits per heavy atom. The molecular formula is C32H34F4O2. The van der Waals surface area contributed by atoms with Gasteiger partial charge in [-0.1, -0.05) is 49.8 Å². The molecule has 3 aromatic rings. The molecule has 0 unspecified atom stereocenters. The zero-order valence-corrected chi connectivity index (χ0v) is 21.9. The third-order valence-electron chi connectivity index (χ3n) is 7.18. The molecule has 0 bridgehead atoms. The van der Waals surface area contributed by atoms with E-state index in [4.69, 9.17) is 9.47 Å². The summed E-state index contributed by atoms with van der Waals surface area (Å²) in [7, 11) is 0. The van der Waals surface area contributed by atoms with E-state index in [1.165, 1.54) is 12.1 Å².